The van der Waals surface area contributed by atoms with E-state index in [1.54, 1.807) is 0 Å². The molecule has 0 heterocycles. The molecular formula is C20H28O6S2. The van der Waals surface area contributed by atoms with E-state index in [0.717, 1.165) is 0 Å². The first-order chi connectivity index (χ1) is 13.2. The summed E-state index contributed by atoms with van der Waals surface area (Å²) in [4.78, 5) is 0. The van der Waals surface area contributed by atoms with Gasteiger partial charge in [0, 0.05) is 0 Å². The minimum Gasteiger partial charge on any atom is -0.142 e. The highest BCUT2D eigenvalue weighted by molar-refractivity contribution is 7.59. The Hall–Kier alpha value is -2.32. The van der Waals surface area contributed by atoms with Gasteiger partial charge >= 0.3 is 21.2 Å². The smallest absolute Gasteiger partial charge is 0.142 e. The van der Waals surface area contributed by atoms with Crippen LogP contribution in [-0.4, -0.2) is 25.3 Å². The molecule has 0 saturated carbocycles. The number of benzene rings is 2. The first-order valence-corrected chi connectivity index (χ1v) is 10.9. The summed E-state index contributed by atoms with van der Waals surface area (Å²) >= 11 is 0. The molecule has 0 amide bonds. The van der Waals surface area contributed by atoms with Gasteiger partial charge in [-0.1, -0.05) is 86.8 Å². The molecule has 28 heavy (non-hydrogen) atoms. The van der Waals surface area contributed by atoms with E-state index in [4.69, 9.17) is 25.3 Å². The Bertz CT molecular complexity index is 802. The zero-order valence-electron chi connectivity index (χ0n) is 16.5. The van der Waals surface area contributed by atoms with Crippen LogP contribution in [0.1, 0.15) is 49.8 Å². The Morgan fingerprint density at radius 3 is 1.57 bits per heavy atom. The highest BCUT2D eigenvalue weighted by atomic mass is 32.2. The van der Waals surface area contributed by atoms with E-state index in [9.17, 15) is 0 Å². The van der Waals surface area contributed by atoms with Crippen LogP contribution < -0.4 is 0 Å². The van der Waals surface area contributed by atoms with Gasteiger partial charge in [-0.3, -0.25) is 0 Å². The van der Waals surface area contributed by atoms with Gasteiger partial charge < -0.3 is 0 Å². The summed E-state index contributed by atoms with van der Waals surface area (Å²) < 4.78 is 50.7. The fourth-order valence-electron chi connectivity index (χ4n) is 2.18. The van der Waals surface area contributed by atoms with Crippen molar-refractivity contribution in [2.75, 3.05) is 0 Å². The SMILES string of the molecule is CCCCc1ccccc1.CCCc1cccc(C)c1.O=S(=O)=O.O=S(=O)=O. The lowest BCUT2D eigenvalue weighted by molar-refractivity contribution is 0.557. The fourth-order valence-corrected chi connectivity index (χ4v) is 2.18. The van der Waals surface area contributed by atoms with Gasteiger partial charge in [-0.15, -0.1) is 25.3 Å². The molecule has 0 bridgehead atoms. The fraction of sp³-hybridized carbons (Fsp3) is 0.400. The topological polar surface area (TPSA) is 102 Å². The molecule has 0 unspecified atom stereocenters. The van der Waals surface area contributed by atoms with E-state index in [1.165, 1.54) is 48.8 Å². The molecule has 0 N–H and O–H groups in total. The van der Waals surface area contributed by atoms with Gasteiger partial charge in [-0.25, -0.2) is 0 Å². The van der Waals surface area contributed by atoms with Gasteiger partial charge in [0.05, 0.1) is 0 Å². The van der Waals surface area contributed by atoms with Crippen LogP contribution in [0.15, 0.2) is 54.6 Å². The molecule has 0 saturated heterocycles. The lowest BCUT2D eigenvalue weighted by atomic mass is 10.1. The number of hydrogen-bond acceptors (Lipinski definition) is 6. The first-order valence-electron chi connectivity index (χ1n) is 8.85. The maximum absolute atomic E-state index is 8.44. The van der Waals surface area contributed by atoms with Gasteiger partial charge in [0.25, 0.3) is 0 Å². The van der Waals surface area contributed by atoms with Crippen LogP contribution in [0.4, 0.5) is 0 Å². The van der Waals surface area contributed by atoms with E-state index in [1.807, 2.05) is 0 Å². The lowest BCUT2D eigenvalue weighted by Gasteiger charge is -1.97. The first kappa shape index (κ1) is 27.9. The Morgan fingerprint density at radius 2 is 1.14 bits per heavy atom. The van der Waals surface area contributed by atoms with Crippen LogP contribution in [0.2, 0.25) is 0 Å². The van der Waals surface area contributed by atoms with Crippen molar-refractivity contribution < 1.29 is 25.3 Å². The number of unbranched alkanes of at least 4 members (excludes halogenated alkanes) is 1. The molecule has 0 radical (unpaired) electrons. The highest BCUT2D eigenvalue weighted by Gasteiger charge is 1.89. The van der Waals surface area contributed by atoms with Crippen molar-refractivity contribution in [3.8, 4) is 0 Å². The van der Waals surface area contributed by atoms with E-state index in [0.29, 0.717) is 0 Å². The largest absolute Gasteiger partial charge is 0.425 e. The standard InChI is InChI=1S/2C10H14.2O3S/c1-3-5-10-7-4-6-9(2)8-10;1-2-3-7-10-8-5-4-6-9-10;2*1-4(2)3/h4,6-8H,3,5H2,1-2H3;4-6,8-9H,2-3,7H2,1H3;;. The number of rotatable bonds is 5. The molecule has 2 rings (SSSR count). The molecule has 2 aromatic rings. The summed E-state index contributed by atoms with van der Waals surface area (Å²) in [6, 6.07) is 19.4. The van der Waals surface area contributed by atoms with E-state index in [2.05, 4.69) is 75.4 Å². The molecular weight excluding hydrogens is 400 g/mol. The third kappa shape index (κ3) is 23.7. The predicted octanol–water partition coefficient (Wildman–Crippen LogP) is 3.97. The van der Waals surface area contributed by atoms with Crippen LogP contribution in [0.3, 0.4) is 0 Å². The third-order valence-electron chi connectivity index (χ3n) is 3.28. The Morgan fingerprint density at radius 1 is 0.643 bits per heavy atom. The molecule has 0 aromatic heterocycles. The summed E-state index contributed by atoms with van der Waals surface area (Å²) in [7, 11) is -6.22. The van der Waals surface area contributed by atoms with Crippen molar-refractivity contribution >= 4 is 21.2 Å². The van der Waals surface area contributed by atoms with Gasteiger partial charge in [0.1, 0.15) is 0 Å². The summed E-state index contributed by atoms with van der Waals surface area (Å²) in [6.07, 6.45) is 6.28. The molecule has 8 heteroatoms. The van der Waals surface area contributed by atoms with Crippen molar-refractivity contribution in [1.82, 2.24) is 0 Å². The van der Waals surface area contributed by atoms with Gasteiger partial charge in [-0.05, 0) is 37.3 Å². The van der Waals surface area contributed by atoms with Crippen LogP contribution >= 0.6 is 0 Å². The Kier molecular flexibility index (Phi) is 19.4. The molecule has 0 aliphatic rings. The van der Waals surface area contributed by atoms with Crippen molar-refractivity contribution in [2.45, 2.75) is 52.9 Å². The number of aryl methyl sites for hydroxylation is 3. The Labute approximate surface area is 170 Å². The summed E-state index contributed by atoms with van der Waals surface area (Å²) in [6.45, 7) is 6.57. The summed E-state index contributed by atoms with van der Waals surface area (Å²) in [5.74, 6) is 0. The molecule has 0 fully saturated rings. The van der Waals surface area contributed by atoms with Gasteiger partial charge in [0.15, 0.2) is 0 Å². The normalized spacial score (nSPS) is 8.68. The van der Waals surface area contributed by atoms with Gasteiger partial charge in [-0.2, -0.15) is 0 Å². The second kappa shape index (κ2) is 19.4. The molecule has 0 spiro atoms. The van der Waals surface area contributed by atoms with Crippen LogP contribution in [0, 0.1) is 6.92 Å². The van der Waals surface area contributed by atoms with Crippen molar-refractivity contribution in [1.29, 1.82) is 0 Å². The zero-order chi connectivity index (χ0) is 21.8. The minimum atomic E-state index is -3.11. The highest BCUT2D eigenvalue weighted by Crippen LogP contribution is 2.05. The van der Waals surface area contributed by atoms with Crippen molar-refractivity contribution in [3.63, 3.8) is 0 Å². The predicted molar refractivity (Wildman–Crippen MR) is 110 cm³/mol. The average molecular weight is 429 g/mol. The molecule has 0 atom stereocenters. The Balaban J connectivity index is 0. The van der Waals surface area contributed by atoms with E-state index >= 15 is 0 Å². The van der Waals surface area contributed by atoms with Crippen LogP contribution in [0.5, 0.6) is 0 Å². The van der Waals surface area contributed by atoms with Crippen LogP contribution in [0.25, 0.3) is 0 Å². The molecule has 0 aliphatic heterocycles. The van der Waals surface area contributed by atoms with Crippen molar-refractivity contribution in [2.24, 2.45) is 0 Å². The minimum absolute atomic E-state index is 1.21. The van der Waals surface area contributed by atoms with Crippen molar-refractivity contribution in [3.05, 3.63) is 71.3 Å². The molecule has 156 valence electrons. The van der Waals surface area contributed by atoms with Crippen LogP contribution in [-0.2, 0) is 34.1 Å². The van der Waals surface area contributed by atoms with Gasteiger partial charge in [0.2, 0.25) is 0 Å². The molecule has 6 nitrogen and oxygen atoms in total. The maximum Gasteiger partial charge on any atom is 0.425 e. The summed E-state index contributed by atoms with van der Waals surface area (Å²) in [5.41, 5.74) is 4.29. The second-order valence-electron chi connectivity index (χ2n) is 5.74. The van der Waals surface area contributed by atoms with E-state index < -0.39 is 21.2 Å². The molecule has 2 aromatic carbocycles. The molecule has 0 aliphatic carbocycles. The second-order valence-corrected chi connectivity index (χ2v) is 6.55. The third-order valence-corrected chi connectivity index (χ3v) is 3.28. The maximum atomic E-state index is 8.44. The monoisotopic (exact) mass is 428 g/mol. The quantitative estimate of drug-likeness (QED) is 0.714. The zero-order valence-corrected chi connectivity index (χ0v) is 18.1. The summed E-state index contributed by atoms with van der Waals surface area (Å²) in [5, 5.41) is 0. The average Bonchev–Trinajstić information content (AvgIpc) is 2.61. The van der Waals surface area contributed by atoms with E-state index in [-0.39, 0.29) is 0 Å². The number of hydrogen-bond donors (Lipinski definition) is 0. The lowest BCUT2D eigenvalue weighted by Crippen LogP contribution is -1.82.